The van der Waals surface area contributed by atoms with Gasteiger partial charge in [0.1, 0.15) is 5.75 Å². The number of ketones is 1. The fourth-order valence-corrected chi connectivity index (χ4v) is 2.30. The summed E-state index contributed by atoms with van der Waals surface area (Å²) in [6, 6.07) is 17.6. The van der Waals surface area contributed by atoms with E-state index < -0.39 is 0 Å². The highest BCUT2D eigenvalue weighted by molar-refractivity contribution is 6.00. The zero-order valence-electron chi connectivity index (χ0n) is 10.7. The number of para-hydroxylation sites is 1. The Kier molecular flexibility index (Phi) is 2.92. The van der Waals surface area contributed by atoms with Crippen molar-refractivity contribution in [2.45, 2.75) is 13.0 Å². The number of benzene rings is 2. The van der Waals surface area contributed by atoms with Crippen molar-refractivity contribution in [3.05, 3.63) is 71.3 Å². The molecular weight excluding hydrogens is 236 g/mol. The Bertz CT molecular complexity index is 641. The molecule has 2 nitrogen and oxygen atoms in total. The van der Waals surface area contributed by atoms with Gasteiger partial charge in [0, 0.05) is 11.1 Å². The first-order valence-electron chi connectivity index (χ1n) is 6.29. The van der Waals surface area contributed by atoms with E-state index in [9.17, 15) is 4.79 Å². The van der Waals surface area contributed by atoms with Gasteiger partial charge in [-0.05, 0) is 24.6 Å². The molecule has 2 aromatic rings. The molecule has 0 amide bonds. The number of Topliss-reactive ketones (excluding diaryl/α,β-unsaturated/α-hetero) is 1. The van der Waals surface area contributed by atoms with Crippen molar-refractivity contribution in [2.24, 2.45) is 0 Å². The van der Waals surface area contributed by atoms with Crippen LogP contribution in [0, 0.1) is 0 Å². The first-order chi connectivity index (χ1) is 9.25. The third kappa shape index (κ3) is 2.17. The van der Waals surface area contributed by atoms with Crippen LogP contribution < -0.4 is 4.74 Å². The van der Waals surface area contributed by atoms with Crippen LogP contribution in [0.1, 0.15) is 24.2 Å². The van der Waals surface area contributed by atoms with E-state index in [0.717, 1.165) is 16.9 Å². The Hall–Kier alpha value is -2.35. The number of carbonyl (C=O) groups is 1. The van der Waals surface area contributed by atoms with E-state index >= 15 is 0 Å². The van der Waals surface area contributed by atoms with Gasteiger partial charge in [-0.1, -0.05) is 48.5 Å². The van der Waals surface area contributed by atoms with Crippen molar-refractivity contribution in [2.75, 3.05) is 0 Å². The van der Waals surface area contributed by atoms with Gasteiger partial charge in [-0.25, -0.2) is 0 Å². The van der Waals surface area contributed by atoms with Gasteiger partial charge in [0.25, 0.3) is 0 Å². The summed E-state index contributed by atoms with van der Waals surface area (Å²) in [7, 11) is 0. The lowest BCUT2D eigenvalue weighted by Crippen LogP contribution is -2.18. The number of carbonyl (C=O) groups excluding carboxylic acids is 1. The first-order valence-corrected chi connectivity index (χ1v) is 6.29. The Morgan fingerprint density at radius 2 is 1.68 bits per heavy atom. The highest BCUT2D eigenvalue weighted by Gasteiger charge is 2.26. The lowest BCUT2D eigenvalue weighted by molar-refractivity contribution is -0.114. The molecule has 19 heavy (non-hydrogen) atoms. The largest absolute Gasteiger partial charge is 0.480 e. The molecule has 0 saturated carbocycles. The molecule has 0 bridgehead atoms. The summed E-state index contributed by atoms with van der Waals surface area (Å²) >= 11 is 0. The summed E-state index contributed by atoms with van der Waals surface area (Å²) in [6.07, 6.45) is 1.62. The number of hydrogen-bond donors (Lipinski definition) is 0. The number of ether oxygens (including phenoxy) is 1. The summed E-state index contributed by atoms with van der Waals surface area (Å²) < 4.78 is 6.00. The maximum atomic E-state index is 11.8. The van der Waals surface area contributed by atoms with Crippen molar-refractivity contribution in [3.8, 4) is 5.75 Å². The lowest BCUT2D eigenvalue weighted by atomic mass is 9.94. The smallest absolute Gasteiger partial charge is 0.159 e. The maximum absolute atomic E-state index is 11.8. The normalized spacial score (nSPS) is 17.1. The predicted octanol–water partition coefficient (Wildman–Crippen LogP) is 3.79. The SMILES string of the molecule is CC(=O)C1=Cc2ccccc2O[C@H]1c1ccccc1. The summed E-state index contributed by atoms with van der Waals surface area (Å²) in [6.45, 7) is 1.58. The van der Waals surface area contributed by atoms with E-state index in [2.05, 4.69) is 0 Å². The summed E-state index contributed by atoms with van der Waals surface area (Å²) in [4.78, 5) is 11.8. The highest BCUT2D eigenvalue weighted by Crippen LogP contribution is 2.37. The minimum atomic E-state index is -0.311. The molecule has 0 spiro atoms. The van der Waals surface area contributed by atoms with Crippen molar-refractivity contribution >= 4 is 11.9 Å². The zero-order valence-corrected chi connectivity index (χ0v) is 10.7. The topological polar surface area (TPSA) is 26.3 Å². The van der Waals surface area contributed by atoms with E-state index in [1.807, 2.05) is 60.7 Å². The molecule has 1 aliphatic heterocycles. The third-order valence-electron chi connectivity index (χ3n) is 3.27. The van der Waals surface area contributed by atoms with Crippen molar-refractivity contribution in [1.82, 2.24) is 0 Å². The van der Waals surface area contributed by atoms with E-state index in [-0.39, 0.29) is 11.9 Å². The van der Waals surface area contributed by atoms with Crippen molar-refractivity contribution in [3.63, 3.8) is 0 Å². The van der Waals surface area contributed by atoms with Gasteiger partial charge >= 0.3 is 0 Å². The highest BCUT2D eigenvalue weighted by atomic mass is 16.5. The van der Waals surface area contributed by atoms with Gasteiger partial charge in [0.15, 0.2) is 11.9 Å². The summed E-state index contributed by atoms with van der Waals surface area (Å²) in [5.74, 6) is 0.865. The molecule has 1 atom stereocenters. The molecule has 0 radical (unpaired) electrons. The van der Waals surface area contributed by atoms with Gasteiger partial charge in [0.05, 0.1) is 0 Å². The van der Waals surface area contributed by atoms with Crippen molar-refractivity contribution in [1.29, 1.82) is 0 Å². The van der Waals surface area contributed by atoms with Crippen LogP contribution in [0.15, 0.2) is 60.2 Å². The minimum Gasteiger partial charge on any atom is -0.480 e. The summed E-state index contributed by atoms with van der Waals surface area (Å²) in [5, 5.41) is 0. The predicted molar refractivity (Wildman–Crippen MR) is 74.9 cm³/mol. The maximum Gasteiger partial charge on any atom is 0.159 e. The van der Waals surface area contributed by atoms with E-state index in [1.54, 1.807) is 6.92 Å². The molecule has 2 aromatic carbocycles. The second kappa shape index (κ2) is 4.73. The number of rotatable bonds is 2. The third-order valence-corrected chi connectivity index (χ3v) is 3.27. The monoisotopic (exact) mass is 250 g/mol. The van der Waals surface area contributed by atoms with Gasteiger partial charge in [-0.2, -0.15) is 0 Å². The molecule has 1 aliphatic rings. The van der Waals surface area contributed by atoms with Gasteiger partial charge in [0.2, 0.25) is 0 Å². The van der Waals surface area contributed by atoms with Crippen LogP contribution in [0.3, 0.4) is 0 Å². The van der Waals surface area contributed by atoms with Crippen LogP contribution in [-0.2, 0) is 4.79 Å². The van der Waals surface area contributed by atoms with Crippen LogP contribution in [0.5, 0.6) is 5.75 Å². The number of hydrogen-bond acceptors (Lipinski definition) is 2. The molecule has 94 valence electrons. The fraction of sp³-hybridized carbons (Fsp3) is 0.118. The van der Waals surface area contributed by atoms with Crippen LogP contribution in [0.2, 0.25) is 0 Å². The van der Waals surface area contributed by atoms with Gasteiger partial charge in [-0.15, -0.1) is 0 Å². The Morgan fingerprint density at radius 1 is 1.00 bits per heavy atom. The zero-order chi connectivity index (χ0) is 13.2. The van der Waals surface area contributed by atoms with Gasteiger partial charge in [-0.3, -0.25) is 4.79 Å². The molecule has 0 aliphatic carbocycles. The molecule has 0 aromatic heterocycles. The second-order valence-corrected chi connectivity index (χ2v) is 4.60. The van der Waals surface area contributed by atoms with E-state index in [1.165, 1.54) is 0 Å². The molecule has 2 heteroatoms. The molecule has 1 heterocycles. The standard InChI is InChI=1S/C17H14O2/c1-12(18)15-11-14-9-5-6-10-16(14)19-17(15)13-7-3-2-4-8-13/h2-11,17H,1H3/t17-/m0/s1. The fourth-order valence-electron chi connectivity index (χ4n) is 2.30. The van der Waals surface area contributed by atoms with E-state index in [0.29, 0.717) is 5.57 Å². The first kappa shape index (κ1) is 11.7. The molecule has 0 saturated heterocycles. The molecule has 0 fully saturated rings. The molecular formula is C17H14O2. The quantitative estimate of drug-likeness (QED) is 0.810. The average Bonchev–Trinajstić information content (AvgIpc) is 2.46. The number of fused-ring (bicyclic) bond motifs is 1. The molecule has 0 unspecified atom stereocenters. The van der Waals surface area contributed by atoms with Crippen LogP contribution in [0.4, 0.5) is 0 Å². The molecule has 3 rings (SSSR count). The second-order valence-electron chi connectivity index (χ2n) is 4.60. The minimum absolute atomic E-state index is 0.0448. The van der Waals surface area contributed by atoms with Crippen molar-refractivity contribution < 1.29 is 9.53 Å². The van der Waals surface area contributed by atoms with Crippen LogP contribution in [0.25, 0.3) is 6.08 Å². The van der Waals surface area contributed by atoms with E-state index in [4.69, 9.17) is 4.74 Å². The average molecular weight is 250 g/mol. The van der Waals surface area contributed by atoms with Crippen LogP contribution >= 0.6 is 0 Å². The Labute approximate surface area is 112 Å². The summed E-state index contributed by atoms with van der Waals surface area (Å²) in [5.41, 5.74) is 2.66. The Morgan fingerprint density at radius 3 is 2.42 bits per heavy atom. The van der Waals surface area contributed by atoms with Gasteiger partial charge < -0.3 is 4.74 Å². The van der Waals surface area contributed by atoms with Crippen LogP contribution in [-0.4, -0.2) is 5.78 Å². The Balaban J connectivity index is 2.10. The molecule has 0 N–H and O–H groups in total. The lowest BCUT2D eigenvalue weighted by Gasteiger charge is -2.26.